The molecule has 3 aromatic rings. The summed E-state index contributed by atoms with van der Waals surface area (Å²) in [6.07, 6.45) is 1.79. The van der Waals surface area contributed by atoms with Crippen molar-refractivity contribution in [3.63, 3.8) is 0 Å². The lowest BCUT2D eigenvalue weighted by molar-refractivity contribution is -0.112. The van der Waals surface area contributed by atoms with Gasteiger partial charge < -0.3 is 10.4 Å². The molecule has 0 aliphatic rings. The summed E-state index contributed by atoms with van der Waals surface area (Å²) < 4.78 is 0. The number of thiophene rings is 1. The number of carboxylic acid groups (broad SMARTS) is 1. The Balaban J connectivity index is 1.84. The summed E-state index contributed by atoms with van der Waals surface area (Å²) >= 11 is 1.22. The second kappa shape index (κ2) is 6.91. The number of carboxylic acids is 1. The van der Waals surface area contributed by atoms with Crippen LogP contribution in [0.1, 0.15) is 28.4 Å². The quantitative estimate of drug-likeness (QED) is 0.654. The SMILES string of the molecule is C/C(=C\c1ccc2ccccc2c1)C(=O)Nc1scc(C)c1C(=O)O. The van der Waals surface area contributed by atoms with Crippen molar-refractivity contribution in [3.05, 3.63) is 70.1 Å². The molecule has 0 saturated heterocycles. The fourth-order valence-corrected chi connectivity index (χ4v) is 3.55. The Morgan fingerprint density at radius 2 is 1.84 bits per heavy atom. The van der Waals surface area contributed by atoms with Gasteiger partial charge in [-0.3, -0.25) is 4.79 Å². The van der Waals surface area contributed by atoms with Gasteiger partial charge in [0, 0.05) is 5.57 Å². The summed E-state index contributed by atoms with van der Waals surface area (Å²) in [5, 5.41) is 16.3. The highest BCUT2D eigenvalue weighted by molar-refractivity contribution is 7.15. The van der Waals surface area contributed by atoms with Crippen molar-refractivity contribution < 1.29 is 14.7 Å². The molecule has 0 spiro atoms. The van der Waals surface area contributed by atoms with Gasteiger partial charge in [-0.15, -0.1) is 11.3 Å². The predicted molar refractivity (Wildman–Crippen MR) is 102 cm³/mol. The normalized spacial score (nSPS) is 11.5. The Kier molecular flexibility index (Phi) is 4.67. The number of hydrogen-bond acceptors (Lipinski definition) is 3. The Bertz CT molecular complexity index is 1000. The highest BCUT2D eigenvalue weighted by atomic mass is 32.1. The van der Waals surface area contributed by atoms with Crippen LogP contribution in [0.5, 0.6) is 0 Å². The zero-order chi connectivity index (χ0) is 18.0. The number of rotatable bonds is 4. The zero-order valence-corrected chi connectivity index (χ0v) is 14.7. The van der Waals surface area contributed by atoms with Crippen LogP contribution in [-0.4, -0.2) is 17.0 Å². The molecule has 0 unspecified atom stereocenters. The average Bonchev–Trinajstić information content (AvgIpc) is 2.95. The van der Waals surface area contributed by atoms with E-state index in [0.717, 1.165) is 16.3 Å². The van der Waals surface area contributed by atoms with Crippen LogP contribution < -0.4 is 5.32 Å². The molecule has 0 atom stereocenters. The summed E-state index contributed by atoms with van der Waals surface area (Å²) in [4.78, 5) is 23.7. The first-order valence-electron chi connectivity index (χ1n) is 7.75. The lowest BCUT2D eigenvalue weighted by atomic mass is 10.1. The van der Waals surface area contributed by atoms with Gasteiger partial charge in [-0.1, -0.05) is 36.4 Å². The van der Waals surface area contributed by atoms with Crippen molar-refractivity contribution >= 4 is 45.1 Å². The summed E-state index contributed by atoms with van der Waals surface area (Å²) in [7, 11) is 0. The van der Waals surface area contributed by atoms with E-state index in [1.54, 1.807) is 25.3 Å². The fourth-order valence-electron chi connectivity index (χ4n) is 2.62. The highest BCUT2D eigenvalue weighted by Gasteiger charge is 2.18. The first kappa shape index (κ1) is 16.9. The van der Waals surface area contributed by atoms with Crippen molar-refractivity contribution in [2.24, 2.45) is 0 Å². The largest absolute Gasteiger partial charge is 0.478 e. The first-order valence-corrected chi connectivity index (χ1v) is 8.63. The number of amides is 1. The smallest absolute Gasteiger partial charge is 0.338 e. The zero-order valence-electron chi connectivity index (χ0n) is 13.9. The lowest BCUT2D eigenvalue weighted by Gasteiger charge is -2.06. The molecule has 4 nitrogen and oxygen atoms in total. The van der Waals surface area contributed by atoms with Crippen LogP contribution in [0.4, 0.5) is 5.00 Å². The molecule has 0 radical (unpaired) electrons. The number of carbonyl (C=O) groups is 2. The van der Waals surface area contributed by atoms with Crippen molar-refractivity contribution in [1.29, 1.82) is 0 Å². The number of hydrogen-bond donors (Lipinski definition) is 2. The van der Waals surface area contributed by atoms with E-state index in [1.807, 2.05) is 42.5 Å². The van der Waals surface area contributed by atoms with Crippen molar-refractivity contribution in [2.75, 3.05) is 5.32 Å². The molecule has 2 aromatic carbocycles. The Morgan fingerprint density at radius 3 is 2.56 bits per heavy atom. The maximum absolute atomic E-state index is 12.4. The van der Waals surface area contributed by atoms with E-state index in [9.17, 15) is 14.7 Å². The number of carbonyl (C=O) groups excluding carboxylic acids is 1. The molecule has 0 fully saturated rings. The summed E-state index contributed by atoms with van der Waals surface area (Å²) in [5.74, 6) is -1.34. The van der Waals surface area contributed by atoms with Crippen LogP contribution in [0.2, 0.25) is 0 Å². The lowest BCUT2D eigenvalue weighted by Crippen LogP contribution is -2.14. The van der Waals surface area contributed by atoms with Crippen LogP contribution in [0, 0.1) is 6.92 Å². The Hall–Kier alpha value is -2.92. The monoisotopic (exact) mass is 351 g/mol. The van der Waals surface area contributed by atoms with E-state index in [0.29, 0.717) is 16.1 Å². The number of aryl methyl sites for hydroxylation is 1. The van der Waals surface area contributed by atoms with Crippen molar-refractivity contribution in [2.45, 2.75) is 13.8 Å². The maximum Gasteiger partial charge on any atom is 0.338 e. The van der Waals surface area contributed by atoms with E-state index in [-0.39, 0.29) is 11.5 Å². The van der Waals surface area contributed by atoms with Gasteiger partial charge in [0.2, 0.25) is 0 Å². The first-order chi connectivity index (χ1) is 12.0. The fraction of sp³-hybridized carbons (Fsp3) is 0.100. The molecular formula is C20H17NO3S. The van der Waals surface area contributed by atoms with Gasteiger partial charge in [0.1, 0.15) is 5.00 Å². The van der Waals surface area contributed by atoms with Crippen LogP contribution in [0.15, 0.2) is 53.4 Å². The number of anilines is 1. The van der Waals surface area contributed by atoms with E-state index in [1.165, 1.54) is 11.3 Å². The molecule has 0 bridgehead atoms. The number of fused-ring (bicyclic) bond motifs is 1. The Morgan fingerprint density at radius 1 is 1.12 bits per heavy atom. The maximum atomic E-state index is 12.4. The minimum Gasteiger partial charge on any atom is -0.478 e. The summed E-state index contributed by atoms with van der Waals surface area (Å²) in [6, 6.07) is 14.0. The van der Waals surface area contributed by atoms with Gasteiger partial charge >= 0.3 is 5.97 Å². The van der Waals surface area contributed by atoms with E-state index < -0.39 is 5.97 Å². The second-order valence-corrected chi connectivity index (χ2v) is 6.70. The summed E-state index contributed by atoms with van der Waals surface area (Å²) in [5.41, 5.74) is 2.23. The average molecular weight is 351 g/mol. The van der Waals surface area contributed by atoms with E-state index in [4.69, 9.17) is 0 Å². The van der Waals surface area contributed by atoms with E-state index in [2.05, 4.69) is 5.32 Å². The molecule has 2 N–H and O–H groups in total. The standard InChI is InChI=1S/C20H17NO3S/c1-12(9-14-7-8-15-5-3-4-6-16(15)10-14)18(22)21-19-17(20(23)24)13(2)11-25-19/h3-11H,1-2H3,(H,21,22)(H,23,24)/b12-9+. The molecule has 25 heavy (non-hydrogen) atoms. The number of nitrogens with one attached hydrogen (secondary N) is 1. The third kappa shape index (κ3) is 3.61. The van der Waals surface area contributed by atoms with Gasteiger partial charge in [-0.2, -0.15) is 0 Å². The molecule has 1 amide bonds. The third-order valence-electron chi connectivity index (χ3n) is 3.93. The molecule has 1 aromatic heterocycles. The van der Waals surface area contributed by atoms with Crippen LogP contribution in [0.3, 0.4) is 0 Å². The van der Waals surface area contributed by atoms with Crippen molar-refractivity contribution in [3.8, 4) is 0 Å². The summed E-state index contributed by atoms with van der Waals surface area (Å²) in [6.45, 7) is 3.43. The highest BCUT2D eigenvalue weighted by Crippen LogP contribution is 2.28. The third-order valence-corrected chi connectivity index (χ3v) is 4.94. The molecule has 0 aliphatic heterocycles. The molecule has 5 heteroatoms. The molecule has 126 valence electrons. The minimum atomic E-state index is -1.04. The molecule has 0 saturated carbocycles. The molecule has 3 rings (SSSR count). The van der Waals surface area contributed by atoms with E-state index >= 15 is 0 Å². The second-order valence-electron chi connectivity index (χ2n) is 5.82. The van der Waals surface area contributed by atoms with Crippen LogP contribution in [-0.2, 0) is 4.79 Å². The Labute approximate surface area is 149 Å². The van der Waals surface area contributed by atoms with Crippen LogP contribution in [0.25, 0.3) is 16.8 Å². The number of benzene rings is 2. The van der Waals surface area contributed by atoms with Gasteiger partial charge in [0.15, 0.2) is 0 Å². The topological polar surface area (TPSA) is 66.4 Å². The number of aromatic carboxylic acids is 1. The van der Waals surface area contributed by atoms with Gasteiger partial charge in [0.05, 0.1) is 5.56 Å². The van der Waals surface area contributed by atoms with Crippen LogP contribution >= 0.6 is 11.3 Å². The predicted octanol–water partition coefficient (Wildman–Crippen LogP) is 4.95. The molecule has 0 aliphatic carbocycles. The minimum absolute atomic E-state index is 0.150. The molecule has 1 heterocycles. The van der Waals surface area contributed by atoms with Gasteiger partial charge in [0.25, 0.3) is 5.91 Å². The van der Waals surface area contributed by atoms with Crippen molar-refractivity contribution in [1.82, 2.24) is 0 Å². The van der Waals surface area contributed by atoms with Gasteiger partial charge in [-0.25, -0.2) is 4.79 Å². The van der Waals surface area contributed by atoms with Gasteiger partial charge in [-0.05, 0) is 53.3 Å². The molecular weight excluding hydrogens is 334 g/mol.